The Morgan fingerprint density at radius 1 is 0.867 bits per heavy atom. The van der Waals surface area contributed by atoms with Crippen LogP contribution >= 0.6 is 0 Å². The number of rotatable bonds is 5. The lowest BCUT2D eigenvalue weighted by Crippen LogP contribution is -2.06. The molecular formula is C24H17F3N2O. The SMILES string of the molecule is O=Cc1cn(-c2cccc(C(F)(F)F)c2)nc1-c1ccc(Cc2ccccc2)cc1. The van der Waals surface area contributed by atoms with Gasteiger partial charge in [0.15, 0.2) is 6.29 Å². The van der Waals surface area contributed by atoms with Crippen molar-refractivity contribution in [3.05, 3.63) is 107 Å². The molecule has 0 unspecified atom stereocenters. The van der Waals surface area contributed by atoms with Crippen LogP contribution in [0.25, 0.3) is 16.9 Å². The van der Waals surface area contributed by atoms with Crippen LogP contribution in [-0.2, 0) is 12.6 Å². The van der Waals surface area contributed by atoms with Crippen molar-refractivity contribution >= 4 is 6.29 Å². The van der Waals surface area contributed by atoms with Crippen molar-refractivity contribution in [3.63, 3.8) is 0 Å². The summed E-state index contributed by atoms with van der Waals surface area (Å²) in [6, 6.07) is 22.5. The molecule has 30 heavy (non-hydrogen) atoms. The zero-order chi connectivity index (χ0) is 21.1. The minimum atomic E-state index is -4.45. The summed E-state index contributed by atoms with van der Waals surface area (Å²) >= 11 is 0. The van der Waals surface area contributed by atoms with Gasteiger partial charge in [0.1, 0.15) is 5.69 Å². The topological polar surface area (TPSA) is 34.9 Å². The van der Waals surface area contributed by atoms with Crippen molar-refractivity contribution in [2.45, 2.75) is 12.6 Å². The summed E-state index contributed by atoms with van der Waals surface area (Å²) in [6.07, 6.45) is -1.57. The third-order valence-electron chi connectivity index (χ3n) is 4.79. The van der Waals surface area contributed by atoms with Gasteiger partial charge >= 0.3 is 6.18 Å². The molecule has 0 fully saturated rings. The molecule has 0 N–H and O–H groups in total. The van der Waals surface area contributed by atoms with Gasteiger partial charge < -0.3 is 0 Å². The van der Waals surface area contributed by atoms with Crippen LogP contribution in [0.1, 0.15) is 27.0 Å². The van der Waals surface area contributed by atoms with E-state index in [-0.39, 0.29) is 5.69 Å². The number of halogens is 3. The molecule has 4 aromatic rings. The highest BCUT2D eigenvalue weighted by Crippen LogP contribution is 2.31. The van der Waals surface area contributed by atoms with E-state index in [1.165, 1.54) is 28.6 Å². The highest BCUT2D eigenvalue weighted by atomic mass is 19.4. The number of hydrogen-bond donors (Lipinski definition) is 0. The highest BCUT2D eigenvalue weighted by molar-refractivity contribution is 5.85. The molecule has 0 bridgehead atoms. The molecule has 0 aliphatic rings. The number of carbonyl (C=O) groups excluding carboxylic acids is 1. The Hall–Kier alpha value is -3.67. The lowest BCUT2D eigenvalue weighted by atomic mass is 10.0. The maximum absolute atomic E-state index is 13.0. The second kappa shape index (κ2) is 7.99. The molecule has 0 amide bonds. The van der Waals surface area contributed by atoms with Crippen molar-refractivity contribution in [2.75, 3.05) is 0 Å². The summed E-state index contributed by atoms with van der Waals surface area (Å²) in [5.41, 5.74) is 3.22. The molecule has 0 aliphatic heterocycles. The predicted octanol–water partition coefficient (Wildman–Crippen LogP) is 5.96. The Bertz CT molecular complexity index is 1160. The van der Waals surface area contributed by atoms with Gasteiger partial charge in [0.25, 0.3) is 0 Å². The predicted molar refractivity (Wildman–Crippen MR) is 109 cm³/mol. The van der Waals surface area contributed by atoms with E-state index >= 15 is 0 Å². The van der Waals surface area contributed by atoms with Gasteiger partial charge in [0.2, 0.25) is 0 Å². The molecule has 6 heteroatoms. The summed E-state index contributed by atoms with van der Waals surface area (Å²) in [7, 11) is 0. The molecule has 0 spiro atoms. The van der Waals surface area contributed by atoms with Gasteiger partial charge in [0, 0.05) is 11.8 Å². The van der Waals surface area contributed by atoms with E-state index in [9.17, 15) is 18.0 Å². The smallest absolute Gasteiger partial charge is 0.298 e. The maximum atomic E-state index is 13.0. The van der Waals surface area contributed by atoms with Crippen LogP contribution in [0, 0.1) is 0 Å². The first-order valence-corrected chi connectivity index (χ1v) is 9.30. The minimum absolute atomic E-state index is 0.236. The van der Waals surface area contributed by atoms with Crippen LogP contribution in [0.5, 0.6) is 0 Å². The summed E-state index contributed by atoms with van der Waals surface area (Å²) in [6.45, 7) is 0. The fourth-order valence-corrected chi connectivity index (χ4v) is 3.27. The van der Waals surface area contributed by atoms with E-state index < -0.39 is 11.7 Å². The second-order valence-corrected chi connectivity index (χ2v) is 6.90. The first-order chi connectivity index (χ1) is 14.4. The standard InChI is InChI=1S/C24H17F3N2O/c25-24(26,27)21-7-4-8-22(14-21)29-15-20(16-30)23(28-29)19-11-9-18(10-12-19)13-17-5-2-1-3-6-17/h1-12,14-16H,13H2. The van der Waals surface area contributed by atoms with Gasteiger partial charge in [-0.2, -0.15) is 18.3 Å². The van der Waals surface area contributed by atoms with Crippen LogP contribution in [0.2, 0.25) is 0 Å². The van der Waals surface area contributed by atoms with E-state index in [1.807, 2.05) is 42.5 Å². The third kappa shape index (κ3) is 4.17. The highest BCUT2D eigenvalue weighted by Gasteiger charge is 2.30. The number of aromatic nitrogens is 2. The summed E-state index contributed by atoms with van der Waals surface area (Å²) < 4.78 is 40.3. The molecule has 0 atom stereocenters. The van der Waals surface area contributed by atoms with E-state index in [4.69, 9.17) is 0 Å². The number of benzene rings is 3. The van der Waals surface area contributed by atoms with E-state index in [0.29, 0.717) is 17.5 Å². The lowest BCUT2D eigenvalue weighted by molar-refractivity contribution is -0.137. The second-order valence-electron chi connectivity index (χ2n) is 6.90. The average Bonchev–Trinajstić information content (AvgIpc) is 3.19. The molecule has 3 nitrogen and oxygen atoms in total. The summed E-state index contributed by atoms with van der Waals surface area (Å²) in [5.74, 6) is 0. The first kappa shape index (κ1) is 19.6. The Kier molecular flexibility index (Phi) is 5.23. The van der Waals surface area contributed by atoms with Gasteiger partial charge in [0.05, 0.1) is 16.8 Å². The zero-order valence-corrected chi connectivity index (χ0v) is 15.8. The molecular weight excluding hydrogens is 389 g/mol. The Morgan fingerprint density at radius 2 is 1.57 bits per heavy atom. The number of carbonyl (C=O) groups is 1. The van der Waals surface area contributed by atoms with Crippen molar-refractivity contribution in [2.24, 2.45) is 0 Å². The van der Waals surface area contributed by atoms with Crippen LogP contribution in [0.3, 0.4) is 0 Å². The molecule has 0 radical (unpaired) electrons. The lowest BCUT2D eigenvalue weighted by Gasteiger charge is -2.08. The van der Waals surface area contributed by atoms with Crippen molar-refractivity contribution in [3.8, 4) is 16.9 Å². The van der Waals surface area contributed by atoms with E-state index in [2.05, 4.69) is 17.2 Å². The number of aldehydes is 1. The number of hydrogen-bond acceptors (Lipinski definition) is 2. The average molecular weight is 406 g/mol. The van der Waals surface area contributed by atoms with Gasteiger partial charge in [-0.3, -0.25) is 4.79 Å². The van der Waals surface area contributed by atoms with Gasteiger partial charge in [-0.15, -0.1) is 0 Å². The van der Waals surface area contributed by atoms with Crippen LogP contribution in [0.4, 0.5) is 13.2 Å². The summed E-state index contributed by atoms with van der Waals surface area (Å²) in [5, 5.41) is 4.38. The van der Waals surface area contributed by atoms with Crippen LogP contribution in [0.15, 0.2) is 85.1 Å². The third-order valence-corrected chi connectivity index (χ3v) is 4.79. The zero-order valence-electron chi connectivity index (χ0n) is 15.8. The number of alkyl halides is 3. The van der Waals surface area contributed by atoms with Crippen LogP contribution in [-0.4, -0.2) is 16.1 Å². The van der Waals surface area contributed by atoms with Crippen molar-refractivity contribution in [1.82, 2.24) is 9.78 Å². The normalized spacial score (nSPS) is 11.4. The van der Waals surface area contributed by atoms with E-state index in [0.717, 1.165) is 29.7 Å². The Balaban J connectivity index is 1.64. The molecule has 3 aromatic carbocycles. The minimum Gasteiger partial charge on any atom is -0.298 e. The molecule has 0 aliphatic carbocycles. The first-order valence-electron chi connectivity index (χ1n) is 9.30. The fraction of sp³-hybridized carbons (Fsp3) is 0.0833. The van der Waals surface area contributed by atoms with Gasteiger partial charge in [-0.1, -0.05) is 60.7 Å². The van der Waals surface area contributed by atoms with Crippen molar-refractivity contribution in [1.29, 1.82) is 0 Å². The summed E-state index contributed by atoms with van der Waals surface area (Å²) in [4.78, 5) is 11.5. The fourth-order valence-electron chi connectivity index (χ4n) is 3.27. The maximum Gasteiger partial charge on any atom is 0.416 e. The molecule has 1 aromatic heterocycles. The van der Waals surface area contributed by atoms with Crippen LogP contribution < -0.4 is 0 Å². The molecule has 150 valence electrons. The molecule has 0 saturated heterocycles. The van der Waals surface area contributed by atoms with Gasteiger partial charge in [-0.05, 0) is 35.7 Å². The van der Waals surface area contributed by atoms with Gasteiger partial charge in [-0.25, -0.2) is 4.68 Å². The molecule has 0 saturated carbocycles. The quantitative estimate of drug-likeness (QED) is 0.383. The van der Waals surface area contributed by atoms with Crippen molar-refractivity contribution < 1.29 is 18.0 Å². The monoisotopic (exact) mass is 406 g/mol. The molecule has 4 rings (SSSR count). The Morgan fingerprint density at radius 3 is 2.23 bits per heavy atom. The Labute approximate surface area is 171 Å². The van der Waals surface area contributed by atoms with E-state index in [1.54, 1.807) is 0 Å². The largest absolute Gasteiger partial charge is 0.416 e. The number of nitrogens with zero attached hydrogens (tertiary/aromatic N) is 2. The molecule has 1 heterocycles.